The Morgan fingerprint density at radius 2 is 1.93 bits per heavy atom. The van der Waals surface area contributed by atoms with Gasteiger partial charge in [-0.2, -0.15) is 13.2 Å². The van der Waals surface area contributed by atoms with Crippen LogP contribution in [0.2, 0.25) is 0 Å². The van der Waals surface area contributed by atoms with Crippen molar-refractivity contribution in [3.05, 3.63) is 65.7 Å². The zero-order chi connectivity index (χ0) is 32.9. The molecular weight excluding hydrogens is 606 g/mol. The Labute approximate surface area is 263 Å². The number of ether oxygens (including phenoxy) is 1. The van der Waals surface area contributed by atoms with Gasteiger partial charge < -0.3 is 25.6 Å². The Bertz CT molecular complexity index is 1580. The number of carbonyl (C=O) groups excluding carboxylic acids is 1. The number of aliphatic imine (C=N–C) groups is 1. The third-order valence-electron chi connectivity index (χ3n) is 8.37. The maximum atomic E-state index is 15.0. The number of allylic oxidation sites excluding steroid dienone is 1. The SMILES string of the molecule is CCCC1CC1(c1cc(NC(=O)Cc2ccc(-c3cnc(NC(=CN)C(CC)=NC4CCCCO4)nc3)cc2F)no1)C(F)(F)F. The molecule has 10 nitrogen and oxygen atoms in total. The number of amides is 1. The highest BCUT2D eigenvalue weighted by molar-refractivity contribution is 6.02. The summed E-state index contributed by atoms with van der Waals surface area (Å²) >= 11 is 0. The number of hydrogen-bond acceptors (Lipinski definition) is 9. The van der Waals surface area contributed by atoms with Crippen LogP contribution >= 0.6 is 0 Å². The molecule has 3 unspecified atom stereocenters. The molecule has 246 valence electrons. The highest BCUT2D eigenvalue weighted by Crippen LogP contribution is 2.65. The van der Waals surface area contributed by atoms with Gasteiger partial charge in [-0.1, -0.05) is 37.6 Å². The maximum Gasteiger partial charge on any atom is 0.401 e. The van der Waals surface area contributed by atoms with E-state index in [-0.39, 0.29) is 42.2 Å². The van der Waals surface area contributed by atoms with Crippen molar-refractivity contribution in [1.82, 2.24) is 15.1 Å². The first-order valence-electron chi connectivity index (χ1n) is 15.4. The number of rotatable bonds is 12. The van der Waals surface area contributed by atoms with E-state index in [1.165, 1.54) is 30.7 Å². The quantitative estimate of drug-likeness (QED) is 0.147. The lowest BCUT2D eigenvalue weighted by molar-refractivity contribution is -0.169. The number of nitrogens with two attached hydrogens (primary N) is 1. The van der Waals surface area contributed by atoms with E-state index >= 15 is 4.39 Å². The molecular formula is C32H37F4N7O3. The smallest absolute Gasteiger partial charge is 0.401 e. The lowest BCUT2D eigenvalue weighted by Gasteiger charge is -2.21. The summed E-state index contributed by atoms with van der Waals surface area (Å²) in [5, 5.41) is 9.11. The van der Waals surface area contributed by atoms with Gasteiger partial charge in [0.25, 0.3) is 0 Å². The average molecular weight is 644 g/mol. The molecule has 2 aromatic heterocycles. The first-order valence-corrected chi connectivity index (χ1v) is 15.4. The van der Waals surface area contributed by atoms with Gasteiger partial charge in [0.2, 0.25) is 11.9 Å². The zero-order valence-electron chi connectivity index (χ0n) is 25.7. The van der Waals surface area contributed by atoms with Crippen LogP contribution in [-0.4, -0.2) is 45.8 Å². The molecule has 1 saturated carbocycles. The Morgan fingerprint density at radius 3 is 2.57 bits per heavy atom. The highest BCUT2D eigenvalue weighted by atomic mass is 19.4. The van der Waals surface area contributed by atoms with E-state index in [1.54, 1.807) is 6.07 Å². The van der Waals surface area contributed by atoms with Gasteiger partial charge in [0, 0.05) is 36.8 Å². The molecule has 0 radical (unpaired) electrons. The van der Waals surface area contributed by atoms with Gasteiger partial charge in [0.15, 0.2) is 11.6 Å². The highest BCUT2D eigenvalue weighted by Gasteiger charge is 2.73. The molecule has 3 atom stereocenters. The van der Waals surface area contributed by atoms with Gasteiger partial charge >= 0.3 is 6.18 Å². The molecule has 1 aromatic carbocycles. The summed E-state index contributed by atoms with van der Waals surface area (Å²) in [7, 11) is 0. The molecule has 4 N–H and O–H groups in total. The minimum atomic E-state index is -4.50. The van der Waals surface area contributed by atoms with Gasteiger partial charge in [-0.3, -0.25) is 9.79 Å². The zero-order valence-corrected chi connectivity index (χ0v) is 25.7. The van der Waals surface area contributed by atoms with Crippen molar-refractivity contribution < 1.29 is 31.6 Å². The number of halogens is 4. The second kappa shape index (κ2) is 14.0. The van der Waals surface area contributed by atoms with Crippen molar-refractivity contribution in [1.29, 1.82) is 0 Å². The molecule has 2 aliphatic rings. The summed E-state index contributed by atoms with van der Waals surface area (Å²) in [5.41, 5.74) is 6.19. The summed E-state index contributed by atoms with van der Waals surface area (Å²) in [6.45, 7) is 4.47. The fraction of sp³-hybridized carbons (Fsp3) is 0.469. The van der Waals surface area contributed by atoms with E-state index in [2.05, 4.69) is 30.8 Å². The standard InChI is InChI=1S/C32H37F4N7O3/c1-3-7-22-15-31(22,32(34,35)36)26-14-27(43-46-26)42-28(44)13-20-10-9-19(12-23(20)33)21-17-38-30(39-18-21)41-25(16-37)24(4-2)40-29-8-5-6-11-45-29/h9-10,12,14,16-18,22,29H,3-8,11,13,15,37H2,1-2H3,(H,38,39,41)(H,42,43,44). The van der Waals surface area contributed by atoms with Gasteiger partial charge in [-0.25, -0.2) is 14.4 Å². The molecule has 0 spiro atoms. The van der Waals surface area contributed by atoms with E-state index in [9.17, 15) is 18.0 Å². The molecule has 1 aliphatic heterocycles. The van der Waals surface area contributed by atoms with Crippen LogP contribution in [0.5, 0.6) is 0 Å². The fourth-order valence-electron chi connectivity index (χ4n) is 5.81. The van der Waals surface area contributed by atoms with Gasteiger partial charge in [-0.05, 0) is 61.6 Å². The Hall–Kier alpha value is -4.33. The van der Waals surface area contributed by atoms with Crippen LogP contribution in [0.15, 0.2) is 58.1 Å². The molecule has 5 rings (SSSR count). The maximum absolute atomic E-state index is 15.0. The van der Waals surface area contributed by atoms with Gasteiger partial charge in [0.1, 0.15) is 17.5 Å². The second-order valence-electron chi connectivity index (χ2n) is 11.5. The van der Waals surface area contributed by atoms with Crippen molar-refractivity contribution in [2.75, 3.05) is 17.2 Å². The minimum Gasteiger partial charge on any atom is -0.403 e. The molecule has 2 fully saturated rings. The predicted molar refractivity (Wildman–Crippen MR) is 164 cm³/mol. The number of nitrogens with zero attached hydrogens (tertiary/aromatic N) is 4. The van der Waals surface area contributed by atoms with Crippen molar-refractivity contribution in [2.45, 2.75) is 83.0 Å². The van der Waals surface area contributed by atoms with Crippen LogP contribution in [0.1, 0.15) is 70.1 Å². The summed E-state index contributed by atoms with van der Waals surface area (Å²) in [4.78, 5) is 26.0. The minimum absolute atomic E-state index is 0.0780. The number of carbonyl (C=O) groups is 1. The van der Waals surface area contributed by atoms with E-state index in [1.807, 2.05) is 13.8 Å². The van der Waals surface area contributed by atoms with E-state index in [0.29, 0.717) is 42.7 Å². The third-order valence-corrected chi connectivity index (χ3v) is 8.37. The largest absolute Gasteiger partial charge is 0.403 e. The second-order valence-corrected chi connectivity index (χ2v) is 11.5. The summed E-state index contributed by atoms with van der Waals surface area (Å²) < 4.78 is 67.4. The van der Waals surface area contributed by atoms with Gasteiger partial charge in [-0.15, -0.1) is 0 Å². The molecule has 1 saturated heterocycles. The molecule has 3 aromatic rings. The van der Waals surface area contributed by atoms with Crippen molar-refractivity contribution in [3.63, 3.8) is 0 Å². The van der Waals surface area contributed by atoms with Crippen molar-refractivity contribution >= 4 is 23.4 Å². The van der Waals surface area contributed by atoms with E-state index in [4.69, 9.17) is 15.0 Å². The molecule has 1 aliphatic carbocycles. The molecule has 14 heteroatoms. The number of benzene rings is 1. The van der Waals surface area contributed by atoms with Crippen molar-refractivity contribution in [3.8, 4) is 11.1 Å². The lowest BCUT2D eigenvalue weighted by atomic mass is 9.97. The fourth-order valence-corrected chi connectivity index (χ4v) is 5.81. The van der Waals surface area contributed by atoms with Crippen LogP contribution < -0.4 is 16.4 Å². The number of anilines is 2. The average Bonchev–Trinajstić information content (AvgIpc) is 3.60. The van der Waals surface area contributed by atoms with E-state index in [0.717, 1.165) is 31.0 Å². The van der Waals surface area contributed by atoms with Crippen LogP contribution in [0.3, 0.4) is 0 Å². The number of aromatic nitrogens is 3. The Kier molecular flexibility index (Phi) is 10.0. The molecule has 1 amide bonds. The van der Waals surface area contributed by atoms with Crippen LogP contribution in [-0.2, 0) is 21.4 Å². The summed E-state index contributed by atoms with van der Waals surface area (Å²) in [5.74, 6) is -2.08. The molecule has 3 heterocycles. The Balaban J connectivity index is 1.20. The van der Waals surface area contributed by atoms with Crippen LogP contribution in [0.25, 0.3) is 11.1 Å². The third kappa shape index (κ3) is 7.22. The monoisotopic (exact) mass is 643 g/mol. The summed E-state index contributed by atoms with van der Waals surface area (Å²) in [6.07, 6.45) is 3.87. The van der Waals surface area contributed by atoms with E-state index < -0.39 is 29.2 Å². The number of alkyl halides is 3. The normalized spacial score (nSPS) is 22.0. The lowest BCUT2D eigenvalue weighted by Crippen LogP contribution is -2.30. The first kappa shape index (κ1) is 33.0. The summed E-state index contributed by atoms with van der Waals surface area (Å²) in [6, 6.07) is 5.44. The number of hydrogen-bond donors (Lipinski definition) is 3. The van der Waals surface area contributed by atoms with Gasteiger partial charge in [0.05, 0.1) is 17.8 Å². The number of nitrogens with one attached hydrogen (secondary N) is 2. The first-order chi connectivity index (χ1) is 22.1. The van der Waals surface area contributed by atoms with Crippen LogP contribution in [0, 0.1) is 11.7 Å². The molecule has 0 bridgehead atoms. The van der Waals surface area contributed by atoms with Crippen molar-refractivity contribution in [2.24, 2.45) is 16.6 Å². The topological polar surface area (TPSA) is 141 Å². The van der Waals surface area contributed by atoms with Crippen LogP contribution in [0.4, 0.5) is 29.3 Å². The molecule has 46 heavy (non-hydrogen) atoms. The Morgan fingerprint density at radius 1 is 1.15 bits per heavy atom. The predicted octanol–water partition coefficient (Wildman–Crippen LogP) is 6.66.